The lowest BCUT2D eigenvalue weighted by atomic mass is 10.1. The Morgan fingerprint density at radius 3 is 2.49 bits per heavy atom. The van der Waals surface area contributed by atoms with E-state index in [-0.39, 0.29) is 25.2 Å². The van der Waals surface area contributed by atoms with E-state index in [4.69, 9.17) is 9.47 Å². The zero-order valence-electron chi connectivity index (χ0n) is 19.0. The molecule has 0 fully saturated rings. The topological polar surface area (TPSA) is 91.5 Å². The van der Waals surface area contributed by atoms with E-state index in [2.05, 4.69) is 20.1 Å². The Balaban J connectivity index is 1.30. The minimum Gasteiger partial charge on any atom is -0.487 e. The molecular formula is C24H22F3N5O3. The van der Waals surface area contributed by atoms with Crippen LogP contribution in [0.5, 0.6) is 5.75 Å². The molecule has 0 bridgehead atoms. The normalized spacial score (nSPS) is 11.6. The van der Waals surface area contributed by atoms with E-state index < -0.39 is 18.0 Å². The van der Waals surface area contributed by atoms with Gasteiger partial charge >= 0.3 is 12.1 Å². The van der Waals surface area contributed by atoms with Crippen LogP contribution in [0.4, 0.5) is 13.2 Å². The molecule has 4 rings (SSSR count). The maximum atomic E-state index is 12.9. The third-order valence-electron chi connectivity index (χ3n) is 5.32. The number of hydrogen-bond acceptors (Lipinski definition) is 7. The fourth-order valence-corrected chi connectivity index (χ4v) is 3.48. The van der Waals surface area contributed by atoms with Gasteiger partial charge in [-0.2, -0.15) is 18.2 Å². The fraction of sp³-hybridized carbons (Fsp3) is 0.292. The molecule has 3 heterocycles. The monoisotopic (exact) mass is 485 g/mol. The molecule has 0 radical (unpaired) electrons. The summed E-state index contributed by atoms with van der Waals surface area (Å²) in [6, 6.07) is 12.8. The number of aromatic nitrogens is 5. The van der Waals surface area contributed by atoms with Gasteiger partial charge in [-0.15, -0.1) is 5.10 Å². The molecule has 182 valence electrons. The van der Waals surface area contributed by atoms with E-state index in [9.17, 15) is 18.0 Å². The highest BCUT2D eigenvalue weighted by atomic mass is 19.4. The minimum absolute atomic E-state index is 0.0426. The number of fused-ring (bicyclic) bond motifs is 1. The van der Waals surface area contributed by atoms with E-state index in [1.807, 2.05) is 18.2 Å². The van der Waals surface area contributed by atoms with Crippen LogP contribution >= 0.6 is 0 Å². The highest BCUT2D eigenvalue weighted by Crippen LogP contribution is 2.27. The first-order valence-corrected chi connectivity index (χ1v) is 10.8. The first-order valence-electron chi connectivity index (χ1n) is 10.8. The molecule has 11 heteroatoms. The molecule has 0 N–H and O–H groups in total. The number of pyridine rings is 1. The van der Waals surface area contributed by atoms with Crippen LogP contribution in [0.25, 0.3) is 5.78 Å². The number of ether oxygens (including phenoxy) is 2. The quantitative estimate of drug-likeness (QED) is 0.342. The Labute approximate surface area is 198 Å². The summed E-state index contributed by atoms with van der Waals surface area (Å²) in [6.07, 6.45) is -2.67. The minimum atomic E-state index is -4.67. The second-order valence-electron chi connectivity index (χ2n) is 7.82. The van der Waals surface area contributed by atoms with Gasteiger partial charge in [0.1, 0.15) is 19.0 Å². The van der Waals surface area contributed by atoms with Crippen molar-refractivity contribution >= 4 is 11.7 Å². The zero-order chi connectivity index (χ0) is 25.0. The van der Waals surface area contributed by atoms with Crippen LogP contribution in [-0.2, 0) is 35.3 Å². The van der Waals surface area contributed by atoms with Crippen molar-refractivity contribution in [3.63, 3.8) is 0 Å². The lowest BCUT2D eigenvalue weighted by Gasteiger charge is -2.10. The van der Waals surface area contributed by atoms with Gasteiger partial charge in [0.25, 0.3) is 11.6 Å². The highest BCUT2D eigenvalue weighted by Gasteiger charge is 2.37. The van der Waals surface area contributed by atoms with Crippen molar-refractivity contribution in [3.05, 3.63) is 82.7 Å². The number of alkyl halides is 3. The molecule has 0 spiro atoms. The molecule has 0 atom stereocenters. The first kappa shape index (κ1) is 24.1. The Hall–Kier alpha value is -4.02. The van der Waals surface area contributed by atoms with Crippen molar-refractivity contribution in [3.8, 4) is 5.75 Å². The van der Waals surface area contributed by atoms with Crippen LogP contribution < -0.4 is 4.74 Å². The molecule has 3 aromatic heterocycles. The first-order chi connectivity index (χ1) is 16.7. The van der Waals surface area contributed by atoms with Crippen molar-refractivity contribution in [2.75, 3.05) is 0 Å². The van der Waals surface area contributed by atoms with E-state index in [1.165, 1.54) is 0 Å². The van der Waals surface area contributed by atoms with Crippen molar-refractivity contribution in [1.82, 2.24) is 24.6 Å². The van der Waals surface area contributed by atoms with Crippen LogP contribution in [0.3, 0.4) is 0 Å². The number of benzene rings is 1. The number of halogens is 3. The van der Waals surface area contributed by atoms with E-state index in [0.717, 1.165) is 15.8 Å². The third kappa shape index (κ3) is 5.92. The van der Waals surface area contributed by atoms with Gasteiger partial charge in [0.15, 0.2) is 0 Å². The lowest BCUT2D eigenvalue weighted by molar-refractivity contribution is -0.145. The molecule has 4 aromatic rings. The molecule has 35 heavy (non-hydrogen) atoms. The molecule has 0 aliphatic rings. The summed E-state index contributed by atoms with van der Waals surface area (Å²) in [6.45, 7) is 3.72. The zero-order valence-corrected chi connectivity index (χ0v) is 19.0. The van der Waals surface area contributed by atoms with Crippen LogP contribution in [0.2, 0.25) is 0 Å². The lowest BCUT2D eigenvalue weighted by Crippen LogP contribution is -2.11. The number of nitrogens with zero attached hydrogens (tertiary/aromatic N) is 5. The van der Waals surface area contributed by atoms with Crippen molar-refractivity contribution in [2.24, 2.45) is 0 Å². The SMILES string of the molecule is Cc1nc2nc(C(F)(F)F)nn2c(C)c1CCC(=O)OCc1ccc(OCc2ccccn2)cc1. The number of rotatable bonds is 8. The van der Waals surface area contributed by atoms with Gasteiger partial charge in [0, 0.05) is 24.0 Å². The Morgan fingerprint density at radius 2 is 1.80 bits per heavy atom. The second kappa shape index (κ2) is 10.1. The van der Waals surface area contributed by atoms with Gasteiger partial charge in [-0.05, 0) is 55.7 Å². The maximum absolute atomic E-state index is 12.9. The number of aryl methyl sites for hydroxylation is 2. The Kier molecular flexibility index (Phi) is 6.94. The van der Waals surface area contributed by atoms with E-state index in [1.54, 1.807) is 44.3 Å². The van der Waals surface area contributed by atoms with Gasteiger partial charge < -0.3 is 9.47 Å². The average Bonchev–Trinajstić information content (AvgIpc) is 3.27. The summed E-state index contributed by atoms with van der Waals surface area (Å²) in [5.41, 5.74) is 3.17. The van der Waals surface area contributed by atoms with Crippen LogP contribution in [0.15, 0.2) is 48.7 Å². The molecule has 0 amide bonds. The smallest absolute Gasteiger partial charge is 0.453 e. The van der Waals surface area contributed by atoms with Gasteiger partial charge in [-0.3, -0.25) is 9.78 Å². The molecule has 0 unspecified atom stereocenters. The van der Waals surface area contributed by atoms with Gasteiger partial charge in [-0.1, -0.05) is 18.2 Å². The van der Waals surface area contributed by atoms with Crippen molar-refractivity contribution < 1.29 is 27.4 Å². The average molecular weight is 485 g/mol. The van der Waals surface area contributed by atoms with Gasteiger partial charge in [0.2, 0.25) is 0 Å². The van der Waals surface area contributed by atoms with Crippen molar-refractivity contribution in [1.29, 1.82) is 0 Å². The van der Waals surface area contributed by atoms with Crippen LogP contribution in [-0.4, -0.2) is 30.5 Å². The maximum Gasteiger partial charge on any atom is 0.453 e. The van der Waals surface area contributed by atoms with Crippen LogP contribution in [0, 0.1) is 13.8 Å². The molecule has 0 aliphatic heterocycles. The summed E-state index contributed by atoms with van der Waals surface area (Å²) in [5, 5.41) is 3.51. The number of hydrogen-bond donors (Lipinski definition) is 0. The summed E-state index contributed by atoms with van der Waals surface area (Å²) in [7, 11) is 0. The molecule has 0 saturated carbocycles. The molecule has 0 aliphatic carbocycles. The molecule has 8 nitrogen and oxygen atoms in total. The second-order valence-corrected chi connectivity index (χ2v) is 7.82. The summed E-state index contributed by atoms with van der Waals surface area (Å²) < 4.78 is 50.9. The molecule has 0 saturated heterocycles. The number of esters is 1. The largest absolute Gasteiger partial charge is 0.487 e. The predicted octanol–water partition coefficient (Wildman–Crippen LogP) is 4.41. The standard InChI is InChI=1S/C24H22F3N5O3/c1-15-20(16(2)32-23(29-15)30-22(31-32)24(25,26)27)10-11-21(33)35-13-17-6-8-19(9-7-17)34-14-18-5-3-4-12-28-18/h3-9,12H,10-11,13-14H2,1-2H3. The van der Waals surface area contributed by atoms with Gasteiger partial charge in [-0.25, -0.2) is 9.50 Å². The molecular weight excluding hydrogens is 463 g/mol. The highest BCUT2D eigenvalue weighted by molar-refractivity contribution is 5.69. The summed E-state index contributed by atoms with van der Waals surface area (Å²) >= 11 is 0. The Morgan fingerprint density at radius 1 is 1.03 bits per heavy atom. The summed E-state index contributed by atoms with van der Waals surface area (Å²) in [5.74, 6) is -1.15. The van der Waals surface area contributed by atoms with Gasteiger partial charge in [0.05, 0.1) is 5.69 Å². The number of carbonyl (C=O) groups is 1. The third-order valence-corrected chi connectivity index (χ3v) is 5.32. The van der Waals surface area contributed by atoms with E-state index >= 15 is 0 Å². The fourth-order valence-electron chi connectivity index (χ4n) is 3.48. The van der Waals surface area contributed by atoms with E-state index in [0.29, 0.717) is 29.3 Å². The summed E-state index contributed by atoms with van der Waals surface area (Å²) in [4.78, 5) is 24.0. The Bertz CT molecular complexity index is 1320. The molecule has 1 aromatic carbocycles. The number of carbonyl (C=O) groups excluding carboxylic acids is 1. The van der Waals surface area contributed by atoms with Crippen molar-refractivity contribution in [2.45, 2.75) is 46.1 Å². The van der Waals surface area contributed by atoms with Crippen LogP contribution in [0.1, 0.15) is 40.5 Å². The predicted molar refractivity (Wildman–Crippen MR) is 118 cm³/mol.